The fourth-order valence-corrected chi connectivity index (χ4v) is 5.58. The van der Waals surface area contributed by atoms with Gasteiger partial charge < -0.3 is 15.4 Å². The number of thiazole rings is 1. The average molecular weight is 470 g/mol. The minimum atomic E-state index is -0.176. The quantitative estimate of drug-likeness (QED) is 0.532. The zero-order valence-corrected chi connectivity index (χ0v) is 20.3. The van der Waals surface area contributed by atoms with Gasteiger partial charge in [-0.2, -0.15) is 0 Å². The molecule has 2 N–H and O–H groups in total. The lowest BCUT2D eigenvalue weighted by Gasteiger charge is -2.32. The van der Waals surface area contributed by atoms with E-state index in [0.29, 0.717) is 24.6 Å². The Hall–Kier alpha value is -2.41. The Morgan fingerprint density at radius 3 is 2.39 bits per heavy atom. The second kappa shape index (κ2) is 11.6. The molecule has 1 aromatic carbocycles. The van der Waals surface area contributed by atoms with Crippen molar-refractivity contribution in [1.29, 1.82) is 0 Å². The van der Waals surface area contributed by atoms with Crippen LogP contribution in [-0.2, 0) is 11.4 Å². The van der Waals surface area contributed by atoms with Crippen molar-refractivity contribution < 1.29 is 14.3 Å². The largest absolute Gasteiger partial charge is 0.486 e. The van der Waals surface area contributed by atoms with E-state index in [4.69, 9.17) is 4.74 Å². The summed E-state index contributed by atoms with van der Waals surface area (Å²) in [6.07, 6.45) is 10.7. The molecule has 2 fully saturated rings. The topological polar surface area (TPSA) is 80.3 Å². The summed E-state index contributed by atoms with van der Waals surface area (Å²) in [5.41, 5.74) is 1.60. The Bertz CT molecular complexity index is 921. The van der Waals surface area contributed by atoms with Crippen LogP contribution in [0.5, 0.6) is 5.75 Å². The van der Waals surface area contributed by atoms with Crippen molar-refractivity contribution in [3.63, 3.8) is 0 Å². The maximum absolute atomic E-state index is 12.8. The maximum Gasteiger partial charge on any atom is 0.271 e. The van der Waals surface area contributed by atoms with Gasteiger partial charge in [-0.15, -0.1) is 11.3 Å². The molecule has 1 heterocycles. The highest BCUT2D eigenvalue weighted by molar-refractivity contribution is 7.09. The van der Waals surface area contributed by atoms with Gasteiger partial charge in [0.25, 0.3) is 5.91 Å². The minimum absolute atomic E-state index is 0.00162. The van der Waals surface area contributed by atoms with Gasteiger partial charge in [-0.25, -0.2) is 4.98 Å². The molecule has 7 heteroatoms. The number of ether oxygens (including phenoxy) is 1. The number of nitrogens with one attached hydrogen (secondary N) is 2. The zero-order valence-electron chi connectivity index (χ0n) is 19.5. The molecule has 0 saturated heterocycles. The molecule has 2 saturated carbocycles. The van der Waals surface area contributed by atoms with Gasteiger partial charge in [0, 0.05) is 23.9 Å². The molecule has 2 atom stereocenters. The Kier molecular flexibility index (Phi) is 8.37. The number of amides is 2. The molecular formula is C26H35N3O3S. The first-order valence-electron chi connectivity index (χ1n) is 12.3. The average Bonchev–Trinajstić information content (AvgIpc) is 3.51. The highest BCUT2D eigenvalue weighted by Crippen LogP contribution is 2.28. The van der Waals surface area contributed by atoms with E-state index in [9.17, 15) is 9.59 Å². The second-order valence-corrected chi connectivity index (χ2v) is 10.4. The number of rotatable bonds is 9. The summed E-state index contributed by atoms with van der Waals surface area (Å²) < 4.78 is 5.78. The first kappa shape index (κ1) is 23.7. The molecule has 178 valence electrons. The van der Waals surface area contributed by atoms with Crippen LogP contribution < -0.4 is 15.4 Å². The normalized spacial score (nSPS) is 21.0. The molecule has 1 aromatic heterocycles. The van der Waals surface area contributed by atoms with Gasteiger partial charge in [-0.1, -0.05) is 56.2 Å². The van der Waals surface area contributed by atoms with E-state index in [1.165, 1.54) is 42.6 Å². The van der Waals surface area contributed by atoms with Gasteiger partial charge in [0.1, 0.15) is 23.1 Å². The second-order valence-electron chi connectivity index (χ2n) is 9.46. The first-order valence-corrected chi connectivity index (χ1v) is 13.2. The van der Waals surface area contributed by atoms with Crippen LogP contribution in [0.25, 0.3) is 0 Å². The van der Waals surface area contributed by atoms with Crippen LogP contribution in [-0.4, -0.2) is 28.9 Å². The summed E-state index contributed by atoms with van der Waals surface area (Å²) in [6.45, 7) is 2.37. The lowest BCUT2D eigenvalue weighted by Crippen LogP contribution is -2.53. The fraction of sp³-hybridized carbons (Fsp3) is 0.577. The number of hydrogen-bond acceptors (Lipinski definition) is 5. The molecule has 6 nitrogen and oxygen atoms in total. The van der Waals surface area contributed by atoms with E-state index in [2.05, 4.69) is 15.6 Å². The van der Waals surface area contributed by atoms with Crippen LogP contribution in [0.15, 0.2) is 29.6 Å². The Labute approximate surface area is 200 Å². The summed E-state index contributed by atoms with van der Waals surface area (Å²) in [5.74, 6) is 1.45. The van der Waals surface area contributed by atoms with Crippen molar-refractivity contribution in [2.75, 3.05) is 0 Å². The third-order valence-corrected chi connectivity index (χ3v) is 7.67. The summed E-state index contributed by atoms with van der Waals surface area (Å²) >= 11 is 1.43. The summed E-state index contributed by atoms with van der Waals surface area (Å²) in [5, 5.41) is 8.88. The number of carbonyl (C=O) groups excluding carboxylic acids is 2. The molecule has 33 heavy (non-hydrogen) atoms. The maximum atomic E-state index is 12.8. The molecular weight excluding hydrogens is 434 g/mol. The number of aromatic nitrogens is 1. The lowest BCUT2D eigenvalue weighted by atomic mass is 9.90. The van der Waals surface area contributed by atoms with Crippen LogP contribution >= 0.6 is 11.3 Å². The molecule has 2 aliphatic rings. The Balaban J connectivity index is 1.26. The van der Waals surface area contributed by atoms with Crippen LogP contribution in [0.4, 0.5) is 0 Å². The van der Waals surface area contributed by atoms with Gasteiger partial charge in [-0.05, 0) is 44.2 Å². The summed E-state index contributed by atoms with van der Waals surface area (Å²) in [4.78, 5) is 29.8. The highest BCUT2D eigenvalue weighted by Gasteiger charge is 2.29. The van der Waals surface area contributed by atoms with Gasteiger partial charge in [0.05, 0.1) is 0 Å². The van der Waals surface area contributed by atoms with E-state index in [0.717, 1.165) is 42.9 Å². The zero-order chi connectivity index (χ0) is 23.0. The van der Waals surface area contributed by atoms with Crippen molar-refractivity contribution in [2.24, 2.45) is 5.92 Å². The standard InChI is InChI=1S/C26H35N3O3S/c1-18-10-13-20(14-11-18)32-16-25-28-23(17-33-25)26(31)29-22-9-5-4-8-21(22)27-24(30)15-12-19-6-2-3-7-19/h10-11,13-14,17,19,21-22H,2-9,12,15-16H2,1H3,(H,27,30)(H,29,31)/t21-,22-/m0/s1. The number of aryl methyl sites for hydroxylation is 1. The lowest BCUT2D eigenvalue weighted by molar-refractivity contribution is -0.122. The van der Waals surface area contributed by atoms with Crippen molar-refractivity contribution >= 4 is 23.2 Å². The predicted octanol–water partition coefficient (Wildman–Crippen LogP) is 5.16. The highest BCUT2D eigenvalue weighted by atomic mass is 32.1. The number of hydrogen-bond donors (Lipinski definition) is 2. The third-order valence-electron chi connectivity index (χ3n) is 6.85. The molecule has 4 rings (SSSR count). The van der Waals surface area contributed by atoms with E-state index in [-0.39, 0.29) is 23.9 Å². The molecule has 0 unspecified atom stereocenters. The summed E-state index contributed by atoms with van der Waals surface area (Å²) in [7, 11) is 0. The fourth-order valence-electron chi connectivity index (χ4n) is 4.89. The van der Waals surface area contributed by atoms with Crippen LogP contribution in [0, 0.1) is 12.8 Å². The molecule has 0 aliphatic heterocycles. The SMILES string of the molecule is Cc1ccc(OCc2nc(C(=O)N[C@H]3CCCC[C@@H]3NC(=O)CCC3CCCC3)cs2)cc1. The van der Waals surface area contributed by atoms with Crippen molar-refractivity contribution in [3.05, 3.63) is 45.9 Å². The number of carbonyl (C=O) groups is 2. The molecule has 0 radical (unpaired) electrons. The van der Waals surface area contributed by atoms with Gasteiger partial charge in [0.15, 0.2) is 0 Å². The van der Waals surface area contributed by atoms with Gasteiger partial charge in [-0.3, -0.25) is 9.59 Å². The van der Waals surface area contributed by atoms with Crippen LogP contribution in [0.1, 0.15) is 85.3 Å². The van der Waals surface area contributed by atoms with Crippen LogP contribution in [0.2, 0.25) is 0 Å². The molecule has 2 aromatic rings. The number of nitrogens with zero attached hydrogens (tertiary/aromatic N) is 1. The monoisotopic (exact) mass is 469 g/mol. The van der Waals surface area contributed by atoms with E-state index in [1.807, 2.05) is 31.2 Å². The number of benzene rings is 1. The van der Waals surface area contributed by atoms with Gasteiger partial charge in [0.2, 0.25) is 5.91 Å². The molecule has 0 bridgehead atoms. The van der Waals surface area contributed by atoms with Crippen molar-refractivity contribution in [1.82, 2.24) is 15.6 Å². The predicted molar refractivity (Wildman–Crippen MR) is 130 cm³/mol. The molecule has 2 amide bonds. The first-order chi connectivity index (χ1) is 16.1. The third kappa shape index (κ3) is 7.03. The van der Waals surface area contributed by atoms with E-state index in [1.54, 1.807) is 5.38 Å². The van der Waals surface area contributed by atoms with E-state index < -0.39 is 0 Å². The Morgan fingerprint density at radius 1 is 1.00 bits per heavy atom. The Morgan fingerprint density at radius 2 is 1.67 bits per heavy atom. The minimum Gasteiger partial charge on any atom is -0.486 e. The molecule has 2 aliphatic carbocycles. The summed E-state index contributed by atoms with van der Waals surface area (Å²) in [6, 6.07) is 7.83. The molecule has 0 spiro atoms. The van der Waals surface area contributed by atoms with Crippen molar-refractivity contribution in [3.8, 4) is 5.75 Å². The smallest absolute Gasteiger partial charge is 0.271 e. The van der Waals surface area contributed by atoms with Crippen molar-refractivity contribution in [2.45, 2.75) is 89.8 Å². The van der Waals surface area contributed by atoms with Gasteiger partial charge >= 0.3 is 0 Å². The van der Waals surface area contributed by atoms with Crippen LogP contribution in [0.3, 0.4) is 0 Å². The van der Waals surface area contributed by atoms with E-state index >= 15 is 0 Å².